The molecule has 1 atom stereocenters. The van der Waals surface area contributed by atoms with Crippen LogP contribution in [0.5, 0.6) is 0 Å². The van der Waals surface area contributed by atoms with Crippen molar-refractivity contribution in [2.45, 2.75) is 32.0 Å². The van der Waals surface area contributed by atoms with E-state index in [0.717, 1.165) is 0 Å². The number of carbonyl (C=O) groups excluding carboxylic acids is 2. The summed E-state index contributed by atoms with van der Waals surface area (Å²) in [6, 6.07) is 6.91. The fourth-order valence-electron chi connectivity index (χ4n) is 2.48. The summed E-state index contributed by atoms with van der Waals surface area (Å²) in [6.07, 6.45) is -0.644. The molecule has 4 nitrogen and oxygen atoms in total. The molecule has 0 saturated heterocycles. The highest BCUT2D eigenvalue weighted by Crippen LogP contribution is 2.41. The monoisotopic (exact) mass is 258 g/mol. The van der Waals surface area contributed by atoms with Gasteiger partial charge in [0.05, 0.1) is 6.10 Å². The molecular formula is C15H14O4. The van der Waals surface area contributed by atoms with E-state index >= 15 is 0 Å². The summed E-state index contributed by atoms with van der Waals surface area (Å²) >= 11 is 0. The molecule has 1 N–H and O–H groups in total. The number of hydrogen-bond acceptors (Lipinski definition) is 4. The molecule has 3 rings (SSSR count). The summed E-state index contributed by atoms with van der Waals surface area (Å²) < 4.78 is 5.79. The van der Waals surface area contributed by atoms with Crippen LogP contribution in [-0.2, 0) is 9.53 Å². The van der Waals surface area contributed by atoms with Crippen molar-refractivity contribution in [3.63, 3.8) is 0 Å². The molecule has 0 bridgehead atoms. The number of ketones is 2. The van der Waals surface area contributed by atoms with Gasteiger partial charge in [-0.15, -0.1) is 0 Å². The maximum Gasteiger partial charge on any atom is 0.234 e. The third-order valence-corrected chi connectivity index (χ3v) is 3.74. The molecular weight excluding hydrogens is 244 g/mol. The normalized spacial score (nSPS) is 24.7. The van der Waals surface area contributed by atoms with E-state index in [1.165, 1.54) is 0 Å². The Labute approximate surface area is 110 Å². The fraction of sp³-hybridized carbons (Fsp3) is 0.333. The second kappa shape index (κ2) is 3.78. The second-order valence-corrected chi connectivity index (χ2v) is 5.44. The molecule has 1 heterocycles. The molecule has 0 spiro atoms. The van der Waals surface area contributed by atoms with Crippen LogP contribution in [-0.4, -0.2) is 28.4 Å². The van der Waals surface area contributed by atoms with Crippen molar-refractivity contribution in [2.24, 2.45) is 0 Å². The van der Waals surface area contributed by atoms with E-state index in [1.807, 2.05) is 0 Å². The van der Waals surface area contributed by atoms with Crippen molar-refractivity contribution >= 4 is 17.3 Å². The SMILES string of the molecule is CC1(C)OC2=C(C[C@@H]1O)C(=O)C(=O)c1ccccc12. The summed E-state index contributed by atoms with van der Waals surface area (Å²) in [6.45, 7) is 3.54. The Kier molecular flexibility index (Phi) is 2.41. The molecule has 1 aliphatic carbocycles. The Morgan fingerprint density at radius 2 is 1.79 bits per heavy atom. The minimum absolute atomic E-state index is 0.154. The summed E-state index contributed by atoms with van der Waals surface area (Å²) in [5.41, 5.74) is 0.531. The first-order chi connectivity index (χ1) is 8.92. The van der Waals surface area contributed by atoms with Crippen LogP contribution in [0.3, 0.4) is 0 Å². The summed E-state index contributed by atoms with van der Waals surface area (Å²) in [4.78, 5) is 24.1. The summed E-state index contributed by atoms with van der Waals surface area (Å²) in [7, 11) is 0. The highest BCUT2D eigenvalue weighted by Gasteiger charge is 2.44. The highest BCUT2D eigenvalue weighted by atomic mass is 16.5. The maximum atomic E-state index is 12.1. The predicted molar refractivity (Wildman–Crippen MR) is 68.5 cm³/mol. The molecule has 19 heavy (non-hydrogen) atoms. The van der Waals surface area contributed by atoms with E-state index in [-0.39, 0.29) is 12.0 Å². The number of hydrogen-bond donors (Lipinski definition) is 1. The minimum Gasteiger partial charge on any atom is -0.484 e. The van der Waals surface area contributed by atoms with E-state index in [2.05, 4.69) is 0 Å². The zero-order chi connectivity index (χ0) is 13.8. The lowest BCUT2D eigenvalue weighted by molar-refractivity contribution is -0.114. The van der Waals surface area contributed by atoms with Crippen LogP contribution in [0.15, 0.2) is 29.8 Å². The third kappa shape index (κ3) is 1.64. The van der Waals surface area contributed by atoms with E-state index in [4.69, 9.17) is 4.74 Å². The Balaban J connectivity index is 2.23. The number of aliphatic hydroxyl groups is 1. The Hall–Kier alpha value is -1.94. The van der Waals surface area contributed by atoms with Gasteiger partial charge in [-0.05, 0) is 13.8 Å². The number of aliphatic hydroxyl groups excluding tert-OH is 1. The zero-order valence-corrected chi connectivity index (χ0v) is 10.8. The summed E-state index contributed by atoms with van der Waals surface area (Å²) in [5.74, 6) is -0.649. The largest absolute Gasteiger partial charge is 0.484 e. The van der Waals surface area contributed by atoms with Crippen molar-refractivity contribution in [1.29, 1.82) is 0 Å². The quantitative estimate of drug-likeness (QED) is 0.720. The van der Waals surface area contributed by atoms with Gasteiger partial charge >= 0.3 is 0 Å². The number of benzene rings is 1. The molecule has 1 aromatic carbocycles. The van der Waals surface area contributed by atoms with Gasteiger partial charge in [-0.2, -0.15) is 0 Å². The first kappa shape index (κ1) is 12.1. The van der Waals surface area contributed by atoms with Crippen LogP contribution in [0.25, 0.3) is 5.76 Å². The molecule has 0 fully saturated rings. The molecule has 0 saturated carbocycles. The maximum absolute atomic E-state index is 12.1. The highest BCUT2D eigenvalue weighted by molar-refractivity contribution is 6.52. The van der Waals surface area contributed by atoms with Crippen molar-refractivity contribution in [2.75, 3.05) is 0 Å². The Morgan fingerprint density at radius 3 is 2.47 bits per heavy atom. The smallest absolute Gasteiger partial charge is 0.234 e. The molecule has 2 aliphatic rings. The van der Waals surface area contributed by atoms with Crippen molar-refractivity contribution in [1.82, 2.24) is 0 Å². The lowest BCUT2D eigenvalue weighted by Crippen LogP contribution is -2.45. The average molecular weight is 258 g/mol. The molecule has 0 amide bonds. The second-order valence-electron chi connectivity index (χ2n) is 5.44. The van der Waals surface area contributed by atoms with Crippen LogP contribution < -0.4 is 0 Å². The van der Waals surface area contributed by atoms with Gasteiger partial charge in [-0.25, -0.2) is 0 Å². The fourth-order valence-corrected chi connectivity index (χ4v) is 2.48. The van der Waals surface area contributed by atoms with Crippen molar-refractivity contribution < 1.29 is 19.4 Å². The van der Waals surface area contributed by atoms with E-state index in [9.17, 15) is 14.7 Å². The topological polar surface area (TPSA) is 63.6 Å². The van der Waals surface area contributed by atoms with E-state index in [0.29, 0.717) is 16.9 Å². The Bertz CT molecular complexity index is 625. The van der Waals surface area contributed by atoms with Gasteiger partial charge in [0, 0.05) is 23.1 Å². The van der Waals surface area contributed by atoms with Crippen molar-refractivity contribution in [3.05, 3.63) is 41.0 Å². The number of Topliss-reactive ketones (excluding diaryl/α,β-unsaturated/α-hetero) is 2. The van der Waals surface area contributed by atoms with Gasteiger partial charge in [-0.1, -0.05) is 24.3 Å². The molecule has 4 heteroatoms. The number of carbonyl (C=O) groups is 2. The van der Waals surface area contributed by atoms with Gasteiger partial charge < -0.3 is 9.84 Å². The van der Waals surface area contributed by atoms with Crippen LogP contribution in [0.2, 0.25) is 0 Å². The number of fused-ring (bicyclic) bond motifs is 2. The lowest BCUT2D eigenvalue weighted by Gasteiger charge is -2.39. The van der Waals surface area contributed by atoms with Crippen LogP contribution >= 0.6 is 0 Å². The van der Waals surface area contributed by atoms with Crippen LogP contribution in [0, 0.1) is 0 Å². The zero-order valence-electron chi connectivity index (χ0n) is 10.8. The lowest BCUT2D eigenvalue weighted by atomic mass is 9.81. The van der Waals surface area contributed by atoms with Crippen molar-refractivity contribution in [3.8, 4) is 0 Å². The third-order valence-electron chi connectivity index (χ3n) is 3.74. The van der Waals surface area contributed by atoms with E-state index in [1.54, 1.807) is 38.1 Å². The van der Waals surface area contributed by atoms with Crippen LogP contribution in [0.1, 0.15) is 36.2 Å². The summed E-state index contributed by atoms with van der Waals surface area (Å²) in [5, 5.41) is 10.0. The van der Waals surface area contributed by atoms with Gasteiger partial charge in [0.2, 0.25) is 11.6 Å². The predicted octanol–water partition coefficient (Wildman–Crippen LogP) is 1.72. The van der Waals surface area contributed by atoms with Gasteiger partial charge in [0.25, 0.3) is 0 Å². The minimum atomic E-state index is -0.798. The van der Waals surface area contributed by atoms with Gasteiger partial charge in [0.15, 0.2) is 0 Å². The number of ether oxygens (including phenoxy) is 1. The first-order valence-electron chi connectivity index (χ1n) is 6.20. The first-order valence-corrected chi connectivity index (χ1v) is 6.20. The molecule has 0 aromatic heterocycles. The standard InChI is InChI=1S/C15H14O4/c1-15(2)11(16)7-10-13(18)12(17)8-5-3-4-6-9(8)14(10)19-15/h3-6,11,16H,7H2,1-2H3/t11-/m0/s1. The number of rotatable bonds is 0. The van der Waals surface area contributed by atoms with Crippen LogP contribution in [0.4, 0.5) is 0 Å². The molecule has 1 aromatic rings. The molecule has 0 unspecified atom stereocenters. The molecule has 98 valence electrons. The van der Waals surface area contributed by atoms with Gasteiger partial charge in [-0.3, -0.25) is 9.59 Å². The van der Waals surface area contributed by atoms with Gasteiger partial charge in [0.1, 0.15) is 11.4 Å². The van der Waals surface area contributed by atoms with E-state index < -0.39 is 23.3 Å². The molecule has 1 aliphatic heterocycles. The Morgan fingerprint density at radius 1 is 1.16 bits per heavy atom. The average Bonchev–Trinajstić information content (AvgIpc) is 2.38. The molecule has 0 radical (unpaired) electrons.